The predicted molar refractivity (Wildman–Crippen MR) is 152 cm³/mol. The first kappa shape index (κ1) is 28.2. The van der Waals surface area contributed by atoms with E-state index in [4.69, 9.17) is 0 Å². The Bertz CT molecular complexity index is 1020. The van der Waals surface area contributed by atoms with Crippen LogP contribution in [0.15, 0.2) is 11.6 Å². The van der Waals surface area contributed by atoms with Crippen LogP contribution < -0.4 is 10.6 Å². The normalized spacial score (nSPS) is 49.3. The molecule has 0 heterocycles. The molecule has 0 spiro atoms. The second kappa shape index (κ2) is 9.08. The van der Waals surface area contributed by atoms with Crippen LogP contribution >= 0.6 is 0 Å². The lowest BCUT2D eigenvalue weighted by atomic mass is 9.33. The third kappa shape index (κ3) is 3.58. The number of aliphatic hydroxyl groups excluding tert-OH is 1. The third-order valence-electron chi connectivity index (χ3n) is 14.1. The minimum Gasteiger partial charge on any atom is -0.393 e. The summed E-state index contributed by atoms with van der Waals surface area (Å²) in [6, 6.07) is 0. The highest BCUT2D eigenvalue weighted by molar-refractivity contribution is 5.88. The molecule has 3 N–H and O–H groups in total. The van der Waals surface area contributed by atoms with Crippen LogP contribution in [0.25, 0.3) is 0 Å². The van der Waals surface area contributed by atoms with Crippen molar-refractivity contribution in [2.24, 2.45) is 56.7 Å². The van der Waals surface area contributed by atoms with Crippen LogP contribution in [0.2, 0.25) is 0 Å². The zero-order chi connectivity index (χ0) is 27.9. The van der Waals surface area contributed by atoms with Crippen LogP contribution in [0, 0.1) is 56.7 Å². The molecule has 4 fully saturated rings. The molecular weight excluding hydrogens is 472 g/mol. The highest BCUT2D eigenvalue weighted by atomic mass is 16.3. The Morgan fingerprint density at radius 3 is 2.34 bits per heavy atom. The molecule has 5 rings (SSSR count). The quantitative estimate of drug-likeness (QED) is 0.403. The van der Waals surface area contributed by atoms with Crippen LogP contribution in [0.4, 0.5) is 0 Å². The maximum absolute atomic E-state index is 14.0. The number of hydrogen-bond acceptors (Lipinski definition) is 3. The Morgan fingerprint density at radius 1 is 0.947 bits per heavy atom. The summed E-state index contributed by atoms with van der Waals surface area (Å²) in [5.41, 5.74) is 1.60. The van der Waals surface area contributed by atoms with Crippen molar-refractivity contribution in [1.29, 1.82) is 0 Å². The Kier molecular flexibility index (Phi) is 6.73. The fourth-order valence-electron chi connectivity index (χ4n) is 11.3. The lowest BCUT2D eigenvalue weighted by Crippen LogP contribution is -2.66. The van der Waals surface area contributed by atoms with Crippen LogP contribution in [0.3, 0.4) is 0 Å². The molecule has 0 saturated heterocycles. The predicted octanol–water partition coefficient (Wildman–Crippen LogP) is 5.87. The Hall–Kier alpha value is -1.36. The SMILES string of the molecule is CNC(=O)CNC(=O)[C@]12CC[C@@H](C)[C@H](C)[C@H]1C1=CC[C@@H]3[C@@]4(C)CC[C@H](O)C(C)(C)[C@@H]4CC[C@@]3(C)[C@]1(C)CC2. The van der Waals surface area contributed by atoms with Crippen molar-refractivity contribution in [3.63, 3.8) is 0 Å². The summed E-state index contributed by atoms with van der Waals surface area (Å²) >= 11 is 0. The van der Waals surface area contributed by atoms with E-state index >= 15 is 0 Å². The molecule has 5 aliphatic carbocycles. The smallest absolute Gasteiger partial charge is 0.239 e. The summed E-state index contributed by atoms with van der Waals surface area (Å²) in [6.07, 6.45) is 11.9. The maximum Gasteiger partial charge on any atom is 0.239 e. The number of rotatable bonds is 3. The van der Waals surface area contributed by atoms with Crippen molar-refractivity contribution < 1.29 is 14.7 Å². The van der Waals surface area contributed by atoms with Crippen molar-refractivity contribution >= 4 is 11.8 Å². The molecule has 0 aromatic heterocycles. The fraction of sp³-hybridized carbons (Fsp3) is 0.879. The minimum atomic E-state index is -0.410. The number of carbonyl (C=O) groups is 2. The molecule has 5 heteroatoms. The number of carbonyl (C=O) groups excluding carboxylic acids is 2. The highest BCUT2D eigenvalue weighted by Gasteiger charge is 2.69. The van der Waals surface area contributed by atoms with Crippen molar-refractivity contribution in [1.82, 2.24) is 10.6 Å². The average Bonchev–Trinajstić information content (AvgIpc) is 2.87. The maximum atomic E-state index is 14.0. The van der Waals surface area contributed by atoms with Crippen molar-refractivity contribution in [3.8, 4) is 0 Å². The van der Waals surface area contributed by atoms with E-state index in [-0.39, 0.29) is 52.0 Å². The summed E-state index contributed by atoms with van der Waals surface area (Å²) in [7, 11) is 1.62. The number of amides is 2. The Labute approximate surface area is 231 Å². The number of aliphatic hydroxyl groups is 1. The standard InChI is InChI=1S/C33H54N2O3/c1-20-11-16-33(28(38)35-19-26(37)34-8)18-17-31(6)22(27(33)21(20)2)9-10-24-30(5)14-13-25(36)29(3,4)23(30)12-15-32(24,31)7/h9,20-21,23-25,27,36H,10-19H2,1-8H3,(H,34,37)(H,35,38)/t20-,21+,23+,24-,25+,27+,30+,31-,32-,33+/m1/s1. The van der Waals surface area contributed by atoms with Gasteiger partial charge < -0.3 is 15.7 Å². The van der Waals surface area contributed by atoms with Gasteiger partial charge in [-0.25, -0.2) is 0 Å². The molecule has 0 aromatic rings. The molecule has 0 radical (unpaired) electrons. The van der Waals surface area contributed by atoms with Crippen LogP contribution in [0.1, 0.15) is 106 Å². The van der Waals surface area contributed by atoms with Gasteiger partial charge in [-0.2, -0.15) is 0 Å². The van der Waals surface area contributed by atoms with E-state index < -0.39 is 5.41 Å². The Balaban J connectivity index is 1.55. The molecule has 0 bridgehead atoms. The van der Waals surface area contributed by atoms with Gasteiger partial charge in [-0.15, -0.1) is 0 Å². The van der Waals surface area contributed by atoms with Crippen molar-refractivity contribution in [2.75, 3.05) is 13.6 Å². The number of hydrogen-bond donors (Lipinski definition) is 3. The van der Waals surface area contributed by atoms with Gasteiger partial charge in [-0.1, -0.05) is 60.1 Å². The van der Waals surface area contributed by atoms with Crippen LogP contribution in [0.5, 0.6) is 0 Å². The van der Waals surface area contributed by atoms with Crippen LogP contribution in [-0.2, 0) is 9.59 Å². The van der Waals surface area contributed by atoms with E-state index in [9.17, 15) is 14.7 Å². The van der Waals surface area contributed by atoms with Crippen LogP contribution in [-0.4, -0.2) is 36.6 Å². The van der Waals surface area contributed by atoms with Gasteiger partial charge in [0, 0.05) is 7.05 Å². The number of fused-ring (bicyclic) bond motifs is 7. The summed E-state index contributed by atoms with van der Waals surface area (Å²) < 4.78 is 0. The number of likely N-dealkylation sites (N-methyl/N-ethyl adjacent to an activating group) is 1. The molecule has 2 amide bonds. The molecule has 38 heavy (non-hydrogen) atoms. The largest absolute Gasteiger partial charge is 0.393 e. The van der Waals surface area contributed by atoms with Gasteiger partial charge in [0.05, 0.1) is 18.1 Å². The molecule has 0 aliphatic heterocycles. The molecule has 214 valence electrons. The second-order valence-electron chi connectivity index (χ2n) is 15.5. The first-order valence-corrected chi connectivity index (χ1v) is 15.6. The molecular formula is C33H54N2O3. The van der Waals surface area contributed by atoms with E-state index in [1.165, 1.54) is 12.8 Å². The van der Waals surface area contributed by atoms with Gasteiger partial charge in [0.25, 0.3) is 0 Å². The first-order chi connectivity index (χ1) is 17.7. The van der Waals surface area contributed by atoms with E-state index in [1.807, 2.05) is 0 Å². The lowest BCUT2D eigenvalue weighted by Gasteiger charge is -2.71. The van der Waals surface area contributed by atoms with Gasteiger partial charge in [0.1, 0.15) is 0 Å². The van der Waals surface area contributed by atoms with Gasteiger partial charge in [0.2, 0.25) is 11.8 Å². The van der Waals surface area contributed by atoms with Gasteiger partial charge >= 0.3 is 0 Å². The zero-order valence-electron chi connectivity index (χ0n) is 25.4. The fourth-order valence-corrected chi connectivity index (χ4v) is 11.3. The molecule has 0 unspecified atom stereocenters. The monoisotopic (exact) mass is 526 g/mol. The number of allylic oxidation sites excluding steroid dienone is 2. The van der Waals surface area contributed by atoms with Crippen molar-refractivity contribution in [2.45, 2.75) is 112 Å². The third-order valence-corrected chi connectivity index (χ3v) is 14.1. The topological polar surface area (TPSA) is 78.4 Å². The molecule has 5 aliphatic rings. The van der Waals surface area contributed by atoms with E-state index in [0.717, 1.165) is 44.9 Å². The lowest BCUT2D eigenvalue weighted by molar-refractivity contribution is -0.204. The second-order valence-corrected chi connectivity index (χ2v) is 15.5. The zero-order valence-corrected chi connectivity index (χ0v) is 25.4. The summed E-state index contributed by atoms with van der Waals surface area (Å²) in [5, 5.41) is 16.7. The molecule has 0 aromatic carbocycles. The van der Waals surface area contributed by atoms with Gasteiger partial charge in [0.15, 0.2) is 0 Å². The highest BCUT2D eigenvalue weighted by Crippen LogP contribution is 2.75. The van der Waals surface area contributed by atoms with E-state index in [1.54, 1.807) is 12.6 Å². The summed E-state index contributed by atoms with van der Waals surface area (Å²) in [4.78, 5) is 26.0. The molecule has 10 atom stereocenters. The summed E-state index contributed by atoms with van der Waals surface area (Å²) in [6.45, 7) is 17.1. The molecule has 5 nitrogen and oxygen atoms in total. The molecule has 4 saturated carbocycles. The van der Waals surface area contributed by atoms with Gasteiger partial charge in [-0.05, 0) is 109 Å². The Morgan fingerprint density at radius 2 is 1.66 bits per heavy atom. The summed E-state index contributed by atoms with van der Waals surface area (Å²) in [5.74, 6) is 2.37. The van der Waals surface area contributed by atoms with E-state index in [0.29, 0.717) is 23.7 Å². The van der Waals surface area contributed by atoms with Gasteiger partial charge in [-0.3, -0.25) is 9.59 Å². The average molecular weight is 527 g/mol. The van der Waals surface area contributed by atoms with E-state index in [2.05, 4.69) is 65.2 Å². The first-order valence-electron chi connectivity index (χ1n) is 15.6. The van der Waals surface area contributed by atoms with Crippen molar-refractivity contribution in [3.05, 3.63) is 11.6 Å². The minimum absolute atomic E-state index is 0.0445. The number of nitrogens with one attached hydrogen (secondary N) is 2.